The Hall–Kier alpha value is -2.54. The molecule has 1 aromatic heterocycles. The van der Waals surface area contributed by atoms with Crippen molar-refractivity contribution in [2.75, 3.05) is 31.2 Å². The Morgan fingerprint density at radius 3 is 2.66 bits per heavy atom. The van der Waals surface area contributed by atoms with Crippen molar-refractivity contribution in [3.05, 3.63) is 76.0 Å². The molecule has 0 unspecified atom stereocenters. The van der Waals surface area contributed by atoms with Gasteiger partial charge >= 0.3 is 0 Å². The number of thiazole rings is 1. The summed E-state index contributed by atoms with van der Waals surface area (Å²) >= 11 is 7.40. The Morgan fingerprint density at radius 2 is 1.93 bits per heavy atom. The highest BCUT2D eigenvalue weighted by atomic mass is 35.5. The number of morpholine rings is 1. The molecule has 0 saturated carbocycles. The van der Waals surface area contributed by atoms with Gasteiger partial charge in [0.25, 0.3) is 0 Å². The first-order valence-electron chi connectivity index (χ1n) is 9.16. The third-order valence-electron chi connectivity index (χ3n) is 4.60. The largest absolute Gasteiger partial charge is 0.378 e. The van der Waals surface area contributed by atoms with Gasteiger partial charge in [-0.3, -0.25) is 4.79 Å². The molecule has 0 atom stereocenters. The second kappa shape index (κ2) is 8.86. The molecule has 0 aliphatic carbocycles. The maximum absolute atomic E-state index is 14.5. The van der Waals surface area contributed by atoms with E-state index >= 15 is 0 Å². The van der Waals surface area contributed by atoms with Crippen LogP contribution in [0, 0.1) is 5.82 Å². The molecule has 0 amide bonds. The minimum Gasteiger partial charge on any atom is -0.378 e. The summed E-state index contributed by atoms with van der Waals surface area (Å²) in [5.41, 5.74) is 2.45. The molecule has 2 aromatic carbocycles. The van der Waals surface area contributed by atoms with Crippen molar-refractivity contribution in [3.63, 3.8) is 0 Å². The number of anilines is 1. The predicted octanol–water partition coefficient (Wildman–Crippen LogP) is 5.34. The van der Waals surface area contributed by atoms with Crippen molar-refractivity contribution in [1.82, 2.24) is 4.98 Å². The highest BCUT2D eigenvalue weighted by Gasteiger charge is 2.16. The van der Waals surface area contributed by atoms with Gasteiger partial charge in [0.1, 0.15) is 10.8 Å². The molecule has 29 heavy (non-hydrogen) atoms. The Kier molecular flexibility index (Phi) is 6.04. The molecule has 0 spiro atoms. The first-order chi connectivity index (χ1) is 14.1. The number of hydrogen-bond donors (Lipinski definition) is 0. The lowest BCUT2D eigenvalue weighted by Crippen LogP contribution is -2.36. The van der Waals surface area contributed by atoms with Gasteiger partial charge in [0.15, 0.2) is 5.78 Å². The van der Waals surface area contributed by atoms with Gasteiger partial charge in [-0.1, -0.05) is 23.7 Å². The number of nitrogens with zero attached hydrogens (tertiary/aromatic N) is 2. The van der Waals surface area contributed by atoms with E-state index in [1.807, 2.05) is 34.5 Å². The van der Waals surface area contributed by atoms with E-state index in [1.165, 1.54) is 23.5 Å². The van der Waals surface area contributed by atoms with Crippen LogP contribution in [0.4, 0.5) is 10.1 Å². The summed E-state index contributed by atoms with van der Waals surface area (Å²) in [7, 11) is 0. The number of ether oxygens (including phenoxy) is 1. The number of ketones is 1. The molecule has 1 saturated heterocycles. The summed E-state index contributed by atoms with van der Waals surface area (Å²) in [6.07, 6.45) is 3.07. The van der Waals surface area contributed by atoms with Gasteiger partial charge in [0, 0.05) is 34.6 Å². The van der Waals surface area contributed by atoms with Crippen molar-refractivity contribution in [1.29, 1.82) is 0 Å². The quantitative estimate of drug-likeness (QED) is 0.406. The summed E-state index contributed by atoms with van der Waals surface area (Å²) in [6, 6.07) is 12.0. The smallest absolute Gasteiger partial charge is 0.186 e. The molecule has 1 aliphatic rings. The molecular formula is C22H18ClFN2O2S. The van der Waals surface area contributed by atoms with E-state index < -0.39 is 5.82 Å². The van der Waals surface area contributed by atoms with E-state index in [2.05, 4.69) is 4.98 Å². The monoisotopic (exact) mass is 428 g/mol. The van der Waals surface area contributed by atoms with Crippen molar-refractivity contribution in [2.45, 2.75) is 0 Å². The lowest BCUT2D eigenvalue weighted by molar-refractivity contribution is 0.104. The van der Waals surface area contributed by atoms with Crippen LogP contribution in [0.25, 0.3) is 16.6 Å². The van der Waals surface area contributed by atoms with Crippen LogP contribution in [-0.4, -0.2) is 37.1 Å². The first kappa shape index (κ1) is 19.8. The van der Waals surface area contributed by atoms with Crippen molar-refractivity contribution in [3.8, 4) is 10.6 Å². The van der Waals surface area contributed by atoms with Crippen LogP contribution in [0.15, 0.2) is 53.9 Å². The summed E-state index contributed by atoms with van der Waals surface area (Å²) in [6.45, 7) is 2.44. The van der Waals surface area contributed by atoms with Crippen LogP contribution in [-0.2, 0) is 4.74 Å². The fourth-order valence-corrected chi connectivity index (χ4v) is 3.99. The minimum atomic E-state index is -0.398. The van der Waals surface area contributed by atoms with Crippen molar-refractivity contribution >= 4 is 40.5 Å². The second-order valence-corrected chi connectivity index (χ2v) is 7.84. The molecule has 148 valence electrons. The van der Waals surface area contributed by atoms with E-state index in [0.717, 1.165) is 10.6 Å². The van der Waals surface area contributed by atoms with Crippen LogP contribution < -0.4 is 4.90 Å². The Bertz CT molecular complexity index is 1040. The number of allylic oxidation sites excluding steroid dienone is 1. The standard InChI is InChI=1S/C22H18ClFN2O2S/c23-17-4-1-15(2-5-17)22-25-18(14-29-22)6-8-21(27)16-3-7-20(19(24)13-16)26-9-11-28-12-10-26/h1-8,13-14H,9-12H2/b8-6+. The Morgan fingerprint density at radius 1 is 1.17 bits per heavy atom. The van der Waals surface area contributed by atoms with Gasteiger partial charge < -0.3 is 9.64 Å². The van der Waals surface area contributed by atoms with Crippen LogP contribution in [0.5, 0.6) is 0 Å². The van der Waals surface area contributed by atoms with Gasteiger partial charge in [-0.2, -0.15) is 0 Å². The van der Waals surface area contributed by atoms with Gasteiger partial charge in [0.2, 0.25) is 0 Å². The van der Waals surface area contributed by atoms with E-state index in [-0.39, 0.29) is 5.78 Å². The van der Waals surface area contributed by atoms with Crippen LogP contribution in [0.2, 0.25) is 5.02 Å². The van der Waals surface area contributed by atoms with E-state index in [9.17, 15) is 9.18 Å². The Balaban J connectivity index is 1.45. The average Bonchev–Trinajstić information content (AvgIpc) is 3.22. The highest BCUT2D eigenvalue weighted by Crippen LogP contribution is 2.26. The maximum Gasteiger partial charge on any atom is 0.186 e. The summed E-state index contributed by atoms with van der Waals surface area (Å²) in [5, 5.41) is 3.38. The number of halogens is 2. The number of rotatable bonds is 5. The van der Waals surface area contributed by atoms with Crippen molar-refractivity contribution < 1.29 is 13.9 Å². The predicted molar refractivity (Wildman–Crippen MR) is 115 cm³/mol. The van der Waals surface area contributed by atoms with Crippen LogP contribution >= 0.6 is 22.9 Å². The third-order valence-corrected chi connectivity index (χ3v) is 5.76. The molecule has 0 N–H and O–H groups in total. The minimum absolute atomic E-state index is 0.265. The average molecular weight is 429 g/mol. The molecular weight excluding hydrogens is 411 g/mol. The van der Waals surface area contributed by atoms with Crippen LogP contribution in [0.1, 0.15) is 16.1 Å². The fourth-order valence-electron chi connectivity index (χ4n) is 3.07. The van der Waals surface area contributed by atoms with E-state index in [4.69, 9.17) is 16.3 Å². The number of hydrogen-bond acceptors (Lipinski definition) is 5. The number of aromatic nitrogens is 1. The fraction of sp³-hybridized carbons (Fsp3) is 0.182. The molecule has 7 heteroatoms. The summed E-state index contributed by atoms with van der Waals surface area (Å²) < 4.78 is 19.8. The van der Waals surface area contributed by atoms with Crippen LogP contribution in [0.3, 0.4) is 0 Å². The van der Waals surface area contributed by atoms with Gasteiger partial charge in [-0.05, 0) is 42.5 Å². The molecule has 0 radical (unpaired) electrons. The van der Waals surface area contributed by atoms with Crippen molar-refractivity contribution in [2.24, 2.45) is 0 Å². The topological polar surface area (TPSA) is 42.4 Å². The number of carbonyl (C=O) groups excluding carboxylic acids is 1. The zero-order valence-electron chi connectivity index (χ0n) is 15.5. The van der Waals surface area contributed by atoms with Gasteiger partial charge in [-0.15, -0.1) is 11.3 Å². The third kappa shape index (κ3) is 4.72. The lowest BCUT2D eigenvalue weighted by atomic mass is 10.1. The molecule has 1 fully saturated rings. The molecule has 4 nitrogen and oxygen atoms in total. The zero-order chi connectivity index (χ0) is 20.2. The zero-order valence-corrected chi connectivity index (χ0v) is 17.0. The Labute approximate surface area is 177 Å². The maximum atomic E-state index is 14.5. The summed E-state index contributed by atoms with van der Waals surface area (Å²) in [5.74, 6) is -0.664. The van der Waals surface area contributed by atoms with E-state index in [1.54, 1.807) is 18.2 Å². The van der Waals surface area contributed by atoms with E-state index in [0.29, 0.717) is 48.3 Å². The summed E-state index contributed by atoms with van der Waals surface area (Å²) in [4.78, 5) is 18.9. The molecule has 1 aliphatic heterocycles. The number of benzene rings is 2. The highest BCUT2D eigenvalue weighted by molar-refractivity contribution is 7.13. The molecule has 0 bridgehead atoms. The second-order valence-electron chi connectivity index (χ2n) is 6.55. The SMILES string of the molecule is O=C(/C=C/c1csc(-c2ccc(Cl)cc2)n1)c1ccc(N2CCOCC2)c(F)c1. The molecule has 2 heterocycles. The lowest BCUT2D eigenvalue weighted by Gasteiger charge is -2.29. The molecule has 3 aromatic rings. The van der Waals surface area contributed by atoms with Gasteiger partial charge in [-0.25, -0.2) is 9.37 Å². The normalized spacial score (nSPS) is 14.5. The number of carbonyl (C=O) groups is 1. The van der Waals surface area contributed by atoms with Gasteiger partial charge in [0.05, 0.1) is 24.6 Å². The molecule has 4 rings (SSSR count). The first-order valence-corrected chi connectivity index (χ1v) is 10.4.